The molecule has 0 aliphatic carbocycles. The first-order chi connectivity index (χ1) is 14.8. The zero-order valence-electron chi connectivity index (χ0n) is 18.1. The molecule has 2 aliphatic heterocycles. The predicted octanol–water partition coefficient (Wildman–Crippen LogP) is 2.92. The molecule has 1 aromatic carbocycles. The molecule has 0 bridgehead atoms. The fourth-order valence-electron chi connectivity index (χ4n) is 3.98. The largest absolute Gasteiger partial charge is 0.404 e. The zero-order chi connectivity index (χ0) is 22.2. The average Bonchev–Trinajstić information content (AvgIpc) is 3.06. The molecule has 0 saturated carbocycles. The predicted molar refractivity (Wildman–Crippen MR) is 125 cm³/mol. The van der Waals surface area contributed by atoms with Gasteiger partial charge in [0, 0.05) is 52.6 Å². The van der Waals surface area contributed by atoms with E-state index in [4.69, 9.17) is 16.2 Å². The van der Waals surface area contributed by atoms with Crippen molar-refractivity contribution in [2.75, 3.05) is 30.4 Å². The molecule has 0 amide bonds. The molecule has 0 unspecified atom stereocenters. The van der Waals surface area contributed by atoms with Gasteiger partial charge in [-0.1, -0.05) is 13.0 Å². The van der Waals surface area contributed by atoms with E-state index >= 15 is 0 Å². The topological polar surface area (TPSA) is 111 Å². The lowest BCUT2D eigenvalue weighted by Gasteiger charge is -2.38. The highest BCUT2D eigenvalue weighted by molar-refractivity contribution is 7.99. The van der Waals surface area contributed by atoms with Gasteiger partial charge in [-0.2, -0.15) is 0 Å². The molecule has 2 aromatic rings. The van der Waals surface area contributed by atoms with Crippen LogP contribution >= 0.6 is 11.8 Å². The fourth-order valence-corrected chi connectivity index (χ4v) is 4.67. The van der Waals surface area contributed by atoms with E-state index < -0.39 is 5.60 Å². The highest BCUT2D eigenvalue weighted by atomic mass is 32.2. The second kappa shape index (κ2) is 8.18. The number of aromatic nitrogens is 2. The number of ether oxygens (including phenoxy) is 1. The van der Waals surface area contributed by atoms with Gasteiger partial charge in [0.25, 0.3) is 0 Å². The number of nitrogens with zero attached hydrogens (tertiary/aromatic N) is 3. The molecule has 4 rings (SSSR count). The van der Waals surface area contributed by atoms with Crippen LogP contribution < -0.4 is 16.4 Å². The summed E-state index contributed by atoms with van der Waals surface area (Å²) < 4.78 is 5.57. The Hall–Kier alpha value is -2.55. The van der Waals surface area contributed by atoms with Gasteiger partial charge in [0.05, 0.1) is 24.2 Å². The number of rotatable bonds is 6. The summed E-state index contributed by atoms with van der Waals surface area (Å²) in [6, 6.07) is 6.64. The molecule has 0 radical (unpaired) electrons. The summed E-state index contributed by atoms with van der Waals surface area (Å²) in [6.07, 6.45) is 6.42. The normalized spacial score (nSPS) is 18.3. The third-order valence-corrected chi connectivity index (χ3v) is 6.65. The maximum absolute atomic E-state index is 10.2. The minimum absolute atomic E-state index is 0.0131. The van der Waals surface area contributed by atoms with Gasteiger partial charge >= 0.3 is 0 Å². The van der Waals surface area contributed by atoms with Crippen LogP contribution in [0.15, 0.2) is 53.3 Å². The van der Waals surface area contributed by atoms with Crippen LogP contribution in [0, 0.1) is 0 Å². The van der Waals surface area contributed by atoms with Gasteiger partial charge in [0.2, 0.25) is 5.95 Å². The van der Waals surface area contributed by atoms with Crippen LogP contribution in [0.2, 0.25) is 0 Å². The average molecular weight is 440 g/mol. The number of aliphatic hydroxyl groups is 1. The van der Waals surface area contributed by atoms with Crippen molar-refractivity contribution in [1.82, 2.24) is 9.97 Å². The van der Waals surface area contributed by atoms with E-state index in [-0.39, 0.29) is 5.41 Å². The Balaban J connectivity index is 1.64. The third kappa shape index (κ3) is 4.03. The molecule has 164 valence electrons. The highest BCUT2D eigenvalue weighted by Crippen LogP contribution is 2.48. The third-order valence-electron chi connectivity index (χ3n) is 5.77. The monoisotopic (exact) mass is 439 g/mol. The Kier molecular flexibility index (Phi) is 5.72. The van der Waals surface area contributed by atoms with E-state index in [2.05, 4.69) is 40.0 Å². The molecule has 31 heavy (non-hydrogen) atoms. The van der Waals surface area contributed by atoms with E-state index in [0.29, 0.717) is 22.8 Å². The minimum atomic E-state index is -1.09. The Bertz CT molecular complexity index is 1020. The van der Waals surface area contributed by atoms with Gasteiger partial charge in [0.15, 0.2) is 0 Å². The molecule has 3 heterocycles. The van der Waals surface area contributed by atoms with Gasteiger partial charge in [-0.3, -0.25) is 0 Å². The number of hydrogen-bond acceptors (Lipinski definition) is 8. The van der Waals surface area contributed by atoms with Crippen LogP contribution in [-0.4, -0.2) is 46.2 Å². The molecule has 1 spiro atoms. The summed E-state index contributed by atoms with van der Waals surface area (Å²) in [4.78, 5) is 12.6. The number of nitrogens with two attached hydrogens (primary N) is 2. The van der Waals surface area contributed by atoms with E-state index in [0.717, 1.165) is 31.2 Å². The summed E-state index contributed by atoms with van der Waals surface area (Å²) >= 11 is 1.82. The smallest absolute Gasteiger partial charge is 0.229 e. The molecule has 1 fully saturated rings. The molecule has 1 aromatic heterocycles. The molecule has 8 heteroatoms. The number of thioether (sulfide) groups is 1. The van der Waals surface area contributed by atoms with E-state index in [1.165, 1.54) is 16.7 Å². The van der Waals surface area contributed by atoms with Gasteiger partial charge in [0.1, 0.15) is 0 Å². The molecule has 0 atom stereocenters. The second-order valence-electron chi connectivity index (χ2n) is 8.52. The van der Waals surface area contributed by atoms with Crippen LogP contribution in [0.3, 0.4) is 0 Å². The minimum Gasteiger partial charge on any atom is -0.404 e. The van der Waals surface area contributed by atoms with Crippen molar-refractivity contribution in [1.29, 1.82) is 0 Å². The van der Waals surface area contributed by atoms with E-state index in [1.807, 2.05) is 11.8 Å². The van der Waals surface area contributed by atoms with Crippen LogP contribution in [0.1, 0.15) is 31.9 Å². The molecule has 5 N–H and O–H groups in total. The zero-order valence-corrected chi connectivity index (χ0v) is 18.9. The lowest BCUT2D eigenvalue weighted by molar-refractivity contribution is -0.0507. The van der Waals surface area contributed by atoms with Gasteiger partial charge < -0.3 is 26.2 Å². The standard InChI is InChI=1S/C23H29N5O2S/c1-4-31-17-5-6-18-20(8-17)28(12-23(18)13-30-14-23)21-26-10-15(11-27-21)19(25)7-16(9-24)22(2,3)29/h5-11,29H,4,12-14,24-25H2,1-3H3/b16-9+,19-7-. The SMILES string of the molecule is CCSc1ccc2c(c1)N(c1ncc(/C(N)=C/C(=C\N)C(C)(C)O)cn1)CC21COC1. The van der Waals surface area contributed by atoms with Crippen molar-refractivity contribution in [3.8, 4) is 0 Å². The number of hydrogen-bond donors (Lipinski definition) is 3. The van der Waals surface area contributed by atoms with Crippen molar-refractivity contribution in [3.05, 3.63) is 59.6 Å². The quantitative estimate of drug-likeness (QED) is 0.465. The van der Waals surface area contributed by atoms with E-state index in [1.54, 1.807) is 32.3 Å². The number of fused-ring (bicyclic) bond motifs is 2. The van der Waals surface area contributed by atoms with Crippen LogP contribution in [0.4, 0.5) is 11.6 Å². The van der Waals surface area contributed by atoms with Crippen molar-refractivity contribution in [2.24, 2.45) is 11.5 Å². The molecule has 7 nitrogen and oxygen atoms in total. The Morgan fingerprint density at radius 1 is 1.32 bits per heavy atom. The van der Waals surface area contributed by atoms with Crippen molar-refractivity contribution >= 4 is 29.1 Å². The Labute approximate surface area is 187 Å². The first kappa shape index (κ1) is 21.7. The first-order valence-corrected chi connectivity index (χ1v) is 11.3. The Morgan fingerprint density at radius 2 is 2.03 bits per heavy atom. The summed E-state index contributed by atoms with van der Waals surface area (Å²) in [5, 5.41) is 10.2. The summed E-state index contributed by atoms with van der Waals surface area (Å²) in [5.41, 5.74) is 14.9. The maximum atomic E-state index is 10.2. The van der Waals surface area contributed by atoms with Crippen molar-refractivity contribution in [3.63, 3.8) is 0 Å². The Morgan fingerprint density at radius 3 is 2.58 bits per heavy atom. The maximum Gasteiger partial charge on any atom is 0.229 e. The van der Waals surface area contributed by atoms with Gasteiger partial charge in [-0.05, 0) is 43.4 Å². The lowest BCUT2D eigenvalue weighted by atomic mass is 9.81. The number of anilines is 2. The summed E-state index contributed by atoms with van der Waals surface area (Å²) in [7, 11) is 0. The van der Waals surface area contributed by atoms with Crippen LogP contribution in [-0.2, 0) is 10.2 Å². The van der Waals surface area contributed by atoms with Gasteiger partial charge in [-0.15, -0.1) is 11.8 Å². The first-order valence-electron chi connectivity index (χ1n) is 10.3. The van der Waals surface area contributed by atoms with Crippen molar-refractivity contribution in [2.45, 2.75) is 36.7 Å². The molecular weight excluding hydrogens is 410 g/mol. The highest BCUT2D eigenvalue weighted by Gasteiger charge is 2.49. The van der Waals surface area contributed by atoms with E-state index in [9.17, 15) is 5.11 Å². The summed E-state index contributed by atoms with van der Waals surface area (Å²) in [6.45, 7) is 7.70. The lowest BCUT2D eigenvalue weighted by Crippen LogP contribution is -2.49. The molecular formula is C23H29N5O2S. The van der Waals surface area contributed by atoms with Crippen molar-refractivity contribution < 1.29 is 9.84 Å². The fraction of sp³-hybridized carbons (Fsp3) is 0.391. The summed E-state index contributed by atoms with van der Waals surface area (Å²) in [5.74, 6) is 1.66. The van der Waals surface area contributed by atoms with Crippen LogP contribution in [0.25, 0.3) is 5.70 Å². The molecule has 2 aliphatic rings. The second-order valence-corrected chi connectivity index (χ2v) is 9.86. The number of benzene rings is 1. The van der Waals surface area contributed by atoms with Crippen LogP contribution in [0.5, 0.6) is 0 Å². The van der Waals surface area contributed by atoms with Gasteiger partial charge in [-0.25, -0.2) is 9.97 Å². The molecule has 1 saturated heterocycles.